The van der Waals surface area contributed by atoms with Crippen molar-refractivity contribution in [2.45, 2.75) is 45.4 Å². The second-order valence-corrected chi connectivity index (χ2v) is 10.5. The van der Waals surface area contributed by atoms with E-state index in [0.717, 1.165) is 56.7 Å². The van der Waals surface area contributed by atoms with Gasteiger partial charge in [-0.05, 0) is 79.1 Å². The van der Waals surface area contributed by atoms with Crippen LogP contribution in [0.15, 0.2) is 48.5 Å². The molecule has 2 aromatic carbocycles. The first-order valence-corrected chi connectivity index (χ1v) is 12.2. The Morgan fingerprint density at radius 1 is 1.00 bits per heavy atom. The fourth-order valence-corrected chi connectivity index (χ4v) is 4.54. The number of carboxylic acids is 1. The second kappa shape index (κ2) is 11.5. The van der Waals surface area contributed by atoms with Crippen molar-refractivity contribution in [3.8, 4) is 0 Å². The van der Waals surface area contributed by atoms with Crippen molar-refractivity contribution in [3.05, 3.63) is 59.7 Å². The Kier molecular flexibility index (Phi) is 8.72. The Morgan fingerprint density at radius 3 is 2.12 bits per heavy atom. The fourth-order valence-electron chi connectivity index (χ4n) is 4.54. The average molecular weight is 466 g/mol. The van der Waals surface area contributed by atoms with Crippen molar-refractivity contribution in [2.24, 2.45) is 5.92 Å². The minimum absolute atomic E-state index is 0.134. The minimum Gasteiger partial charge on any atom is -0.480 e. The van der Waals surface area contributed by atoms with Gasteiger partial charge in [0.2, 0.25) is 6.41 Å². The number of aliphatic carboxylic acids is 1. The number of carboxylic acid groups (broad SMARTS) is 1. The molecule has 1 aliphatic rings. The van der Waals surface area contributed by atoms with Crippen molar-refractivity contribution in [1.29, 1.82) is 0 Å². The molecule has 0 aromatic heterocycles. The molecule has 6 heteroatoms. The molecule has 1 N–H and O–H groups in total. The number of amides is 1. The highest BCUT2D eigenvalue weighted by Gasteiger charge is 2.21. The largest absolute Gasteiger partial charge is 0.480 e. The van der Waals surface area contributed by atoms with E-state index in [1.54, 1.807) is 4.90 Å². The smallest absolute Gasteiger partial charge is 0.317 e. The average Bonchev–Trinajstić information content (AvgIpc) is 2.81. The van der Waals surface area contributed by atoms with E-state index in [1.807, 2.05) is 17.0 Å². The highest BCUT2D eigenvalue weighted by molar-refractivity contribution is 5.75. The molecule has 1 saturated heterocycles. The van der Waals surface area contributed by atoms with Crippen molar-refractivity contribution >= 4 is 23.8 Å². The lowest BCUT2D eigenvalue weighted by molar-refractivity contribution is -0.138. The Balaban J connectivity index is 1.50. The predicted molar refractivity (Wildman–Crippen MR) is 139 cm³/mol. The topological polar surface area (TPSA) is 64.1 Å². The Labute approximate surface area is 204 Å². The van der Waals surface area contributed by atoms with Gasteiger partial charge >= 0.3 is 5.97 Å². The van der Waals surface area contributed by atoms with Crippen LogP contribution in [0.4, 0.5) is 11.4 Å². The van der Waals surface area contributed by atoms with E-state index >= 15 is 0 Å². The van der Waals surface area contributed by atoms with E-state index in [1.165, 1.54) is 11.1 Å². The maximum Gasteiger partial charge on any atom is 0.317 e. The zero-order chi connectivity index (χ0) is 24.7. The molecule has 2 aromatic rings. The van der Waals surface area contributed by atoms with Gasteiger partial charge < -0.3 is 14.9 Å². The fraction of sp³-hybridized carbons (Fsp3) is 0.500. The van der Waals surface area contributed by atoms with Crippen molar-refractivity contribution < 1.29 is 14.7 Å². The number of hydrogen-bond acceptors (Lipinski definition) is 4. The third-order valence-electron chi connectivity index (χ3n) is 6.84. The first-order valence-electron chi connectivity index (χ1n) is 12.2. The first kappa shape index (κ1) is 25.8. The number of hydrogen-bond donors (Lipinski definition) is 1. The van der Waals surface area contributed by atoms with E-state index in [9.17, 15) is 9.59 Å². The number of anilines is 2. The molecule has 1 fully saturated rings. The van der Waals surface area contributed by atoms with Gasteiger partial charge in [0, 0.05) is 31.5 Å². The lowest BCUT2D eigenvalue weighted by Gasteiger charge is -2.30. The van der Waals surface area contributed by atoms with Gasteiger partial charge in [-0.25, -0.2) is 0 Å². The lowest BCUT2D eigenvalue weighted by atomic mass is 9.87. The van der Waals surface area contributed by atoms with Gasteiger partial charge in [0.15, 0.2) is 0 Å². The normalized spacial score (nSPS) is 15.2. The van der Waals surface area contributed by atoms with Crippen LogP contribution < -0.4 is 9.80 Å². The van der Waals surface area contributed by atoms with Crippen LogP contribution in [0.2, 0.25) is 0 Å². The second-order valence-electron chi connectivity index (χ2n) is 10.5. The van der Waals surface area contributed by atoms with Crippen LogP contribution in [0.5, 0.6) is 0 Å². The first-order chi connectivity index (χ1) is 16.2. The van der Waals surface area contributed by atoms with Gasteiger partial charge in [-0.15, -0.1) is 0 Å². The maximum atomic E-state index is 11.8. The van der Waals surface area contributed by atoms with Crippen LogP contribution in [-0.2, 0) is 21.4 Å². The van der Waals surface area contributed by atoms with Gasteiger partial charge in [0.05, 0.1) is 6.54 Å². The van der Waals surface area contributed by atoms with Gasteiger partial charge in [0.25, 0.3) is 0 Å². The van der Waals surface area contributed by atoms with E-state index in [4.69, 9.17) is 5.11 Å². The Bertz CT molecular complexity index is 927. The molecule has 0 unspecified atom stereocenters. The van der Waals surface area contributed by atoms with Crippen LogP contribution in [-0.4, -0.2) is 62.2 Å². The number of carbonyl (C=O) groups excluding carboxylic acids is 1. The molecule has 1 heterocycles. The number of rotatable bonds is 10. The number of likely N-dealkylation sites (tertiary alicyclic amines) is 1. The monoisotopic (exact) mass is 465 g/mol. The number of carbonyl (C=O) groups is 2. The zero-order valence-electron chi connectivity index (χ0n) is 21.0. The van der Waals surface area contributed by atoms with Crippen LogP contribution in [0.1, 0.15) is 44.7 Å². The molecule has 0 radical (unpaired) electrons. The maximum absolute atomic E-state index is 11.8. The molecule has 1 amide bonds. The summed E-state index contributed by atoms with van der Waals surface area (Å²) in [6.07, 6.45) is 3.95. The summed E-state index contributed by atoms with van der Waals surface area (Å²) in [7, 11) is 2.06. The molecule has 6 nitrogen and oxygen atoms in total. The Hall–Kier alpha value is -2.86. The Morgan fingerprint density at radius 2 is 1.59 bits per heavy atom. The quantitative estimate of drug-likeness (QED) is 0.526. The highest BCUT2D eigenvalue weighted by Crippen LogP contribution is 2.25. The van der Waals surface area contributed by atoms with Crippen LogP contribution in [0.3, 0.4) is 0 Å². The number of likely N-dealkylation sites (N-methyl/N-ethyl adjacent to an activating group) is 1. The number of piperidine rings is 1. The van der Waals surface area contributed by atoms with Gasteiger partial charge in [-0.2, -0.15) is 0 Å². The summed E-state index contributed by atoms with van der Waals surface area (Å²) >= 11 is 0. The molecule has 0 bridgehead atoms. The molecular formula is C28H39N3O3. The molecule has 3 rings (SSSR count). The van der Waals surface area contributed by atoms with Crippen molar-refractivity contribution in [1.82, 2.24) is 4.90 Å². The minimum atomic E-state index is -0.751. The van der Waals surface area contributed by atoms with Crippen LogP contribution >= 0.6 is 0 Å². The molecule has 0 aliphatic carbocycles. The summed E-state index contributed by atoms with van der Waals surface area (Å²) in [6, 6.07) is 16.9. The van der Waals surface area contributed by atoms with Gasteiger partial charge in [-0.3, -0.25) is 14.5 Å². The molecule has 184 valence electrons. The molecule has 0 spiro atoms. The lowest BCUT2D eigenvalue weighted by Crippen LogP contribution is -2.37. The summed E-state index contributed by atoms with van der Waals surface area (Å²) < 4.78 is 0. The van der Waals surface area contributed by atoms with Crippen LogP contribution in [0.25, 0.3) is 0 Å². The molecule has 1 aliphatic heterocycles. The summed E-state index contributed by atoms with van der Waals surface area (Å²) in [5.74, 6) is -0.171. The summed E-state index contributed by atoms with van der Waals surface area (Å²) in [6.45, 7) is 9.83. The van der Waals surface area contributed by atoms with Gasteiger partial charge in [-0.1, -0.05) is 45.0 Å². The van der Waals surface area contributed by atoms with E-state index in [0.29, 0.717) is 12.5 Å². The summed E-state index contributed by atoms with van der Waals surface area (Å²) in [4.78, 5) is 28.6. The van der Waals surface area contributed by atoms with E-state index in [2.05, 4.69) is 69.1 Å². The molecular weight excluding hydrogens is 426 g/mol. The van der Waals surface area contributed by atoms with Crippen LogP contribution in [0, 0.1) is 5.92 Å². The van der Waals surface area contributed by atoms with E-state index in [-0.39, 0.29) is 12.0 Å². The third kappa shape index (κ3) is 7.32. The van der Waals surface area contributed by atoms with Crippen molar-refractivity contribution in [2.75, 3.05) is 49.6 Å². The van der Waals surface area contributed by atoms with E-state index < -0.39 is 5.97 Å². The van der Waals surface area contributed by atoms with Gasteiger partial charge in [0.1, 0.15) is 0 Å². The zero-order valence-corrected chi connectivity index (χ0v) is 21.0. The molecule has 34 heavy (non-hydrogen) atoms. The van der Waals surface area contributed by atoms with Crippen molar-refractivity contribution in [3.63, 3.8) is 0 Å². The number of benzene rings is 2. The summed E-state index contributed by atoms with van der Waals surface area (Å²) in [5, 5.41) is 8.95. The summed E-state index contributed by atoms with van der Waals surface area (Å²) in [5.41, 5.74) is 4.76. The standard InChI is InChI=1S/C28H39N3O3/c1-28(2,3)24-7-11-25(12-8-24)29(4)17-18-31(21-32)26-9-5-22(6-10-26)19-23-13-15-30(16-14-23)20-27(33)34/h5-12,21,23H,13-20H2,1-4H3,(H,33,34). The third-order valence-corrected chi connectivity index (χ3v) is 6.84. The molecule has 0 atom stereocenters. The SMILES string of the molecule is CN(CCN(C=O)c1ccc(CC2CCN(CC(=O)O)CC2)cc1)c1ccc(C(C)(C)C)cc1. The highest BCUT2D eigenvalue weighted by atomic mass is 16.4. The predicted octanol–water partition coefficient (Wildman–Crippen LogP) is 4.42. The number of nitrogens with zero attached hydrogens (tertiary/aromatic N) is 3. The molecule has 0 saturated carbocycles.